The quantitative estimate of drug-likeness (QED) is 0.739. The highest BCUT2D eigenvalue weighted by atomic mass is 35.5. The SMILES string of the molecule is C[C@H]1CSC(N(C(=O)CN2C(=O)NC3(CCCCC3)C2=O)c2ccc(Cl)cc2)=N1. The number of amidine groups is 1. The fraction of sp³-hybridized carbons (Fsp3) is 0.500. The van der Waals surface area contributed by atoms with Gasteiger partial charge < -0.3 is 5.32 Å². The summed E-state index contributed by atoms with van der Waals surface area (Å²) >= 11 is 7.48. The zero-order chi connectivity index (χ0) is 20.6. The molecule has 1 aromatic rings. The van der Waals surface area contributed by atoms with Gasteiger partial charge in [-0.25, -0.2) is 4.79 Å². The zero-order valence-electron chi connectivity index (χ0n) is 16.2. The fourth-order valence-corrected chi connectivity index (χ4v) is 5.23. The zero-order valence-corrected chi connectivity index (χ0v) is 17.8. The van der Waals surface area contributed by atoms with E-state index in [1.54, 1.807) is 24.3 Å². The maximum absolute atomic E-state index is 13.3. The Morgan fingerprint density at radius 2 is 1.97 bits per heavy atom. The number of benzene rings is 1. The molecular formula is C20H23ClN4O3S. The van der Waals surface area contributed by atoms with Crippen LogP contribution in [-0.4, -0.2) is 51.8 Å². The Balaban J connectivity index is 1.58. The molecule has 1 aromatic carbocycles. The topological polar surface area (TPSA) is 82.1 Å². The predicted octanol–water partition coefficient (Wildman–Crippen LogP) is 3.42. The van der Waals surface area contributed by atoms with Crippen molar-refractivity contribution in [2.24, 2.45) is 4.99 Å². The van der Waals surface area contributed by atoms with E-state index in [1.807, 2.05) is 6.92 Å². The third-order valence-electron chi connectivity index (χ3n) is 5.56. The lowest BCUT2D eigenvalue weighted by Gasteiger charge is -2.30. The number of anilines is 1. The minimum Gasteiger partial charge on any atom is -0.323 e. The number of amides is 4. The van der Waals surface area contributed by atoms with Gasteiger partial charge in [0, 0.05) is 10.8 Å². The molecule has 4 amide bonds. The molecule has 0 bridgehead atoms. The van der Waals surface area contributed by atoms with Gasteiger partial charge in [-0.2, -0.15) is 0 Å². The van der Waals surface area contributed by atoms with Crippen molar-refractivity contribution in [3.8, 4) is 0 Å². The van der Waals surface area contributed by atoms with Crippen LogP contribution in [0.15, 0.2) is 29.3 Å². The van der Waals surface area contributed by atoms with E-state index in [0.29, 0.717) is 28.7 Å². The number of carbonyl (C=O) groups excluding carboxylic acids is 3. The number of urea groups is 1. The van der Waals surface area contributed by atoms with Gasteiger partial charge in [-0.1, -0.05) is 42.6 Å². The molecule has 9 heteroatoms. The fourth-order valence-electron chi connectivity index (χ4n) is 4.05. The van der Waals surface area contributed by atoms with Gasteiger partial charge >= 0.3 is 6.03 Å². The summed E-state index contributed by atoms with van der Waals surface area (Å²) < 4.78 is 0. The molecule has 2 fully saturated rings. The van der Waals surface area contributed by atoms with Crippen molar-refractivity contribution >= 4 is 52.1 Å². The number of rotatable bonds is 3. The minimum atomic E-state index is -0.838. The third-order valence-corrected chi connectivity index (χ3v) is 7.00. The number of hydrogen-bond donors (Lipinski definition) is 1. The van der Waals surface area contributed by atoms with Crippen molar-refractivity contribution in [2.75, 3.05) is 17.2 Å². The number of thioether (sulfide) groups is 1. The monoisotopic (exact) mass is 434 g/mol. The normalized spacial score (nSPS) is 23.3. The van der Waals surface area contributed by atoms with Crippen molar-refractivity contribution in [1.29, 1.82) is 0 Å². The van der Waals surface area contributed by atoms with Gasteiger partial charge in [-0.05, 0) is 44.0 Å². The van der Waals surface area contributed by atoms with E-state index in [-0.39, 0.29) is 24.4 Å². The molecular weight excluding hydrogens is 412 g/mol. The molecule has 1 saturated carbocycles. The van der Waals surface area contributed by atoms with Gasteiger partial charge in [0.05, 0.1) is 11.7 Å². The van der Waals surface area contributed by atoms with Crippen LogP contribution in [0.1, 0.15) is 39.0 Å². The van der Waals surface area contributed by atoms with Gasteiger partial charge in [-0.15, -0.1) is 0 Å². The smallest absolute Gasteiger partial charge is 0.323 e. The highest BCUT2D eigenvalue weighted by molar-refractivity contribution is 8.14. The van der Waals surface area contributed by atoms with Gasteiger partial charge in [0.15, 0.2) is 5.17 Å². The number of hydrogen-bond acceptors (Lipinski definition) is 5. The number of imide groups is 1. The molecule has 1 N–H and O–H groups in total. The number of nitrogens with one attached hydrogen (secondary N) is 1. The number of carbonyl (C=O) groups is 3. The lowest BCUT2D eigenvalue weighted by atomic mass is 9.82. The van der Waals surface area contributed by atoms with Crippen LogP contribution >= 0.6 is 23.4 Å². The maximum Gasteiger partial charge on any atom is 0.325 e. The first kappa shape index (κ1) is 20.2. The molecule has 4 rings (SSSR count). The molecule has 1 atom stereocenters. The van der Waals surface area contributed by atoms with E-state index < -0.39 is 11.6 Å². The van der Waals surface area contributed by atoms with E-state index in [2.05, 4.69) is 10.3 Å². The molecule has 1 saturated heterocycles. The number of nitrogens with zero attached hydrogens (tertiary/aromatic N) is 3. The minimum absolute atomic E-state index is 0.0971. The van der Waals surface area contributed by atoms with Crippen LogP contribution in [-0.2, 0) is 9.59 Å². The van der Waals surface area contributed by atoms with Crippen molar-refractivity contribution in [1.82, 2.24) is 10.2 Å². The second-order valence-corrected chi connectivity index (χ2v) is 9.17. The van der Waals surface area contributed by atoms with Gasteiger partial charge in [-0.3, -0.25) is 24.4 Å². The van der Waals surface area contributed by atoms with Crippen LogP contribution in [0.5, 0.6) is 0 Å². The van der Waals surface area contributed by atoms with Crippen LogP contribution in [0.2, 0.25) is 5.02 Å². The van der Waals surface area contributed by atoms with E-state index in [4.69, 9.17) is 11.6 Å². The Morgan fingerprint density at radius 3 is 2.59 bits per heavy atom. The summed E-state index contributed by atoms with van der Waals surface area (Å²) in [4.78, 5) is 45.9. The molecule has 0 radical (unpaired) electrons. The second kappa shape index (κ2) is 7.99. The second-order valence-electron chi connectivity index (χ2n) is 7.74. The van der Waals surface area contributed by atoms with Crippen LogP contribution in [0, 0.1) is 0 Å². The molecule has 2 aliphatic heterocycles. The van der Waals surface area contributed by atoms with Gasteiger partial charge in [0.2, 0.25) is 0 Å². The lowest BCUT2D eigenvalue weighted by molar-refractivity contribution is -0.135. The first-order valence-corrected chi connectivity index (χ1v) is 11.2. The average Bonchev–Trinajstić information content (AvgIpc) is 3.21. The van der Waals surface area contributed by atoms with Crippen molar-refractivity contribution in [3.63, 3.8) is 0 Å². The number of aliphatic imine (C=N–C) groups is 1. The lowest BCUT2D eigenvalue weighted by Crippen LogP contribution is -2.49. The number of halogens is 1. The van der Waals surface area contributed by atoms with Gasteiger partial charge in [0.1, 0.15) is 12.1 Å². The summed E-state index contributed by atoms with van der Waals surface area (Å²) in [5.74, 6) is 0.115. The molecule has 2 heterocycles. The molecule has 154 valence electrons. The average molecular weight is 435 g/mol. The van der Waals surface area contributed by atoms with Crippen molar-refractivity contribution < 1.29 is 14.4 Å². The summed E-state index contributed by atoms with van der Waals surface area (Å²) in [6.07, 6.45) is 4.11. The van der Waals surface area contributed by atoms with Crippen LogP contribution in [0.3, 0.4) is 0 Å². The van der Waals surface area contributed by atoms with Crippen LogP contribution in [0.4, 0.5) is 10.5 Å². The molecule has 7 nitrogen and oxygen atoms in total. The first-order chi connectivity index (χ1) is 13.9. The molecule has 1 spiro atoms. The Bertz CT molecular complexity index is 867. The Labute approximate surface area is 178 Å². The summed E-state index contributed by atoms with van der Waals surface area (Å²) in [7, 11) is 0. The van der Waals surface area contributed by atoms with E-state index in [9.17, 15) is 14.4 Å². The molecule has 1 aliphatic carbocycles. The van der Waals surface area contributed by atoms with Crippen molar-refractivity contribution in [3.05, 3.63) is 29.3 Å². The summed E-state index contributed by atoms with van der Waals surface area (Å²) in [5, 5.41) is 3.98. The van der Waals surface area contributed by atoms with E-state index in [0.717, 1.165) is 29.9 Å². The highest BCUT2D eigenvalue weighted by Crippen LogP contribution is 2.34. The molecule has 0 unspecified atom stereocenters. The molecule has 3 aliphatic rings. The van der Waals surface area contributed by atoms with Crippen LogP contribution < -0.4 is 10.2 Å². The largest absolute Gasteiger partial charge is 0.325 e. The predicted molar refractivity (Wildman–Crippen MR) is 114 cm³/mol. The van der Waals surface area contributed by atoms with Crippen molar-refractivity contribution in [2.45, 2.75) is 50.6 Å². The Kier molecular flexibility index (Phi) is 5.57. The van der Waals surface area contributed by atoms with Gasteiger partial charge in [0.25, 0.3) is 11.8 Å². The van der Waals surface area contributed by atoms with E-state index >= 15 is 0 Å². The summed E-state index contributed by atoms with van der Waals surface area (Å²) in [6.45, 7) is 1.66. The van der Waals surface area contributed by atoms with E-state index in [1.165, 1.54) is 16.7 Å². The molecule has 0 aromatic heterocycles. The Hall–Kier alpha value is -2.06. The summed E-state index contributed by atoms with van der Waals surface area (Å²) in [6, 6.07) is 6.48. The first-order valence-electron chi connectivity index (χ1n) is 9.83. The highest BCUT2D eigenvalue weighted by Gasteiger charge is 2.52. The standard InChI is InChI=1S/C20H23ClN4O3S/c1-13-12-29-19(22-13)25(15-7-5-14(21)6-8-15)16(26)11-24-17(27)20(23-18(24)28)9-3-2-4-10-20/h5-8,13H,2-4,9-12H2,1H3,(H,23,28)/t13-/m0/s1. The maximum atomic E-state index is 13.3. The summed E-state index contributed by atoms with van der Waals surface area (Å²) in [5.41, 5.74) is -0.228. The third kappa shape index (κ3) is 3.88. The Morgan fingerprint density at radius 1 is 1.28 bits per heavy atom. The van der Waals surface area contributed by atoms with Crippen LogP contribution in [0.25, 0.3) is 0 Å². The molecule has 29 heavy (non-hydrogen) atoms.